The summed E-state index contributed by atoms with van der Waals surface area (Å²) < 4.78 is 13.5. The van der Waals surface area contributed by atoms with Crippen molar-refractivity contribution < 1.29 is 9.18 Å². The van der Waals surface area contributed by atoms with E-state index in [0.29, 0.717) is 34.8 Å². The molecule has 0 spiro atoms. The fraction of sp³-hybridized carbons (Fsp3) is 0.143. The lowest BCUT2D eigenvalue weighted by Crippen LogP contribution is -2.11. The van der Waals surface area contributed by atoms with Gasteiger partial charge in [-0.3, -0.25) is 24.8 Å². The molecule has 5 heterocycles. The Labute approximate surface area is 216 Å². The summed E-state index contributed by atoms with van der Waals surface area (Å²) in [5.41, 5.74) is 6.50. The fourth-order valence-electron chi connectivity index (χ4n) is 4.35. The summed E-state index contributed by atoms with van der Waals surface area (Å²) in [7, 11) is 0. The molecule has 6 aromatic rings. The van der Waals surface area contributed by atoms with E-state index in [2.05, 4.69) is 35.5 Å². The number of benzene rings is 1. The monoisotopic (exact) mass is 506 g/mol. The van der Waals surface area contributed by atoms with Crippen LogP contribution in [0.15, 0.2) is 67.4 Å². The zero-order chi connectivity index (χ0) is 26.1. The van der Waals surface area contributed by atoms with Gasteiger partial charge in [-0.05, 0) is 36.2 Å². The molecule has 0 aliphatic carbocycles. The Hall–Kier alpha value is -4.99. The number of aromatic amines is 2. The number of nitrogens with zero attached hydrogens (tertiary/aromatic N) is 5. The summed E-state index contributed by atoms with van der Waals surface area (Å²) in [6.45, 7) is 2.05. The molecule has 0 aliphatic rings. The van der Waals surface area contributed by atoms with Gasteiger partial charge in [-0.1, -0.05) is 25.5 Å². The van der Waals surface area contributed by atoms with Gasteiger partial charge in [0.1, 0.15) is 11.5 Å². The molecule has 188 valence electrons. The lowest BCUT2D eigenvalue weighted by atomic mass is 10.1. The van der Waals surface area contributed by atoms with Crippen molar-refractivity contribution in [3.05, 3.63) is 73.2 Å². The molecule has 6 rings (SSSR count). The first-order chi connectivity index (χ1) is 18.6. The maximum Gasteiger partial charge on any atom is 0.224 e. The second kappa shape index (κ2) is 9.81. The van der Waals surface area contributed by atoms with Gasteiger partial charge in [0.2, 0.25) is 5.91 Å². The van der Waals surface area contributed by atoms with Crippen molar-refractivity contribution in [1.82, 2.24) is 35.1 Å². The Morgan fingerprint density at radius 1 is 0.974 bits per heavy atom. The molecule has 5 aromatic heterocycles. The number of hydrogen-bond acceptors (Lipinski definition) is 6. The highest BCUT2D eigenvalue weighted by molar-refractivity contribution is 5.97. The van der Waals surface area contributed by atoms with Crippen LogP contribution < -0.4 is 5.32 Å². The molecule has 0 fully saturated rings. The predicted octanol–water partition coefficient (Wildman–Crippen LogP) is 5.89. The number of amides is 1. The van der Waals surface area contributed by atoms with Gasteiger partial charge in [-0.15, -0.1) is 0 Å². The molecule has 0 aliphatic heterocycles. The average Bonchev–Trinajstić information content (AvgIpc) is 3.56. The minimum atomic E-state index is -0.302. The number of fused-ring (bicyclic) bond motifs is 2. The third kappa shape index (κ3) is 4.47. The summed E-state index contributed by atoms with van der Waals surface area (Å²) >= 11 is 0. The van der Waals surface area contributed by atoms with Crippen molar-refractivity contribution in [3.8, 4) is 33.9 Å². The SMILES string of the molecule is CCCCC(=O)Nc1cncc(-c2cc3c(-c4nc5c(-c6ccc(F)cc6)cncc5[nH]4)n[nH]c3cn2)c1. The van der Waals surface area contributed by atoms with E-state index in [1.807, 2.05) is 19.1 Å². The number of pyridine rings is 3. The first-order valence-electron chi connectivity index (χ1n) is 12.3. The molecule has 0 atom stereocenters. The number of imidazole rings is 1. The molecular formula is C28H23FN8O. The van der Waals surface area contributed by atoms with Crippen LogP contribution in [0.1, 0.15) is 26.2 Å². The first kappa shape index (κ1) is 23.4. The highest BCUT2D eigenvalue weighted by atomic mass is 19.1. The van der Waals surface area contributed by atoms with Gasteiger partial charge in [0.15, 0.2) is 5.82 Å². The van der Waals surface area contributed by atoms with Crippen molar-refractivity contribution in [2.45, 2.75) is 26.2 Å². The second-order valence-electron chi connectivity index (χ2n) is 8.98. The molecule has 0 bridgehead atoms. The molecule has 1 aromatic carbocycles. The molecule has 9 nitrogen and oxygen atoms in total. The number of rotatable bonds is 7. The minimum Gasteiger partial charge on any atom is -0.335 e. The molecule has 0 saturated carbocycles. The van der Waals surface area contributed by atoms with Gasteiger partial charge < -0.3 is 10.3 Å². The predicted molar refractivity (Wildman–Crippen MR) is 144 cm³/mol. The quantitative estimate of drug-likeness (QED) is 0.248. The summed E-state index contributed by atoms with van der Waals surface area (Å²) in [6, 6.07) is 10.0. The Morgan fingerprint density at radius 3 is 2.66 bits per heavy atom. The maximum absolute atomic E-state index is 13.5. The standard InChI is InChI=1S/C28H23FN8O/c1-2-3-4-25(38)33-19-9-17(11-30-12-19)22-10-20-23(15-32-22)36-37-27(20)28-34-24-14-31-13-21(26(24)35-28)16-5-7-18(29)8-6-16/h5-15H,2-4H2,1H3,(H,33,38)(H,34,35)(H,36,37). The van der Waals surface area contributed by atoms with E-state index in [1.165, 1.54) is 12.1 Å². The molecule has 0 radical (unpaired) electrons. The molecule has 10 heteroatoms. The number of halogens is 1. The maximum atomic E-state index is 13.5. The largest absolute Gasteiger partial charge is 0.335 e. The van der Waals surface area contributed by atoms with Gasteiger partial charge in [-0.2, -0.15) is 5.10 Å². The molecule has 1 amide bonds. The van der Waals surface area contributed by atoms with E-state index in [9.17, 15) is 9.18 Å². The first-order valence-corrected chi connectivity index (χ1v) is 12.3. The number of carbonyl (C=O) groups excluding carboxylic acids is 1. The van der Waals surface area contributed by atoms with Crippen LogP contribution in [0.4, 0.5) is 10.1 Å². The van der Waals surface area contributed by atoms with Gasteiger partial charge in [0.05, 0.1) is 46.5 Å². The number of hydrogen-bond donors (Lipinski definition) is 3. The summed E-state index contributed by atoms with van der Waals surface area (Å²) in [4.78, 5) is 33.5. The normalized spacial score (nSPS) is 11.3. The van der Waals surface area contributed by atoms with Crippen LogP contribution in [0.2, 0.25) is 0 Å². The zero-order valence-corrected chi connectivity index (χ0v) is 20.5. The van der Waals surface area contributed by atoms with Crippen LogP contribution in [-0.4, -0.2) is 41.0 Å². The number of anilines is 1. The highest BCUT2D eigenvalue weighted by Gasteiger charge is 2.17. The van der Waals surface area contributed by atoms with E-state index in [1.54, 1.807) is 43.1 Å². The van der Waals surface area contributed by atoms with Crippen LogP contribution in [-0.2, 0) is 4.79 Å². The summed E-state index contributed by atoms with van der Waals surface area (Å²) in [6.07, 6.45) is 10.7. The summed E-state index contributed by atoms with van der Waals surface area (Å²) in [5, 5.41) is 11.2. The van der Waals surface area contributed by atoms with E-state index in [0.717, 1.165) is 46.0 Å². The van der Waals surface area contributed by atoms with Crippen molar-refractivity contribution in [1.29, 1.82) is 0 Å². The smallest absolute Gasteiger partial charge is 0.224 e. The Morgan fingerprint density at radius 2 is 1.82 bits per heavy atom. The van der Waals surface area contributed by atoms with E-state index < -0.39 is 0 Å². The molecule has 0 unspecified atom stereocenters. The molecular weight excluding hydrogens is 483 g/mol. The van der Waals surface area contributed by atoms with Crippen molar-refractivity contribution in [2.75, 3.05) is 5.32 Å². The Kier molecular flexibility index (Phi) is 6.04. The van der Waals surface area contributed by atoms with Crippen molar-refractivity contribution >= 4 is 33.5 Å². The van der Waals surface area contributed by atoms with Crippen LogP contribution in [0.25, 0.3) is 55.8 Å². The third-order valence-corrected chi connectivity index (χ3v) is 6.30. The lowest BCUT2D eigenvalue weighted by Gasteiger charge is -2.07. The minimum absolute atomic E-state index is 0.0364. The van der Waals surface area contributed by atoms with E-state index in [4.69, 9.17) is 4.98 Å². The van der Waals surface area contributed by atoms with Crippen LogP contribution in [0.3, 0.4) is 0 Å². The van der Waals surface area contributed by atoms with Crippen LogP contribution in [0.5, 0.6) is 0 Å². The van der Waals surface area contributed by atoms with Crippen LogP contribution >= 0.6 is 0 Å². The van der Waals surface area contributed by atoms with E-state index in [-0.39, 0.29) is 11.7 Å². The number of aromatic nitrogens is 7. The third-order valence-electron chi connectivity index (χ3n) is 6.30. The number of carbonyl (C=O) groups is 1. The Balaban J connectivity index is 1.37. The topological polar surface area (TPSA) is 125 Å². The number of H-pyrrole nitrogens is 2. The van der Waals surface area contributed by atoms with Gasteiger partial charge in [-0.25, -0.2) is 9.37 Å². The van der Waals surface area contributed by atoms with Gasteiger partial charge in [0.25, 0.3) is 0 Å². The molecule has 3 N–H and O–H groups in total. The fourth-order valence-corrected chi connectivity index (χ4v) is 4.35. The zero-order valence-electron chi connectivity index (χ0n) is 20.5. The van der Waals surface area contributed by atoms with Crippen molar-refractivity contribution in [2.24, 2.45) is 0 Å². The van der Waals surface area contributed by atoms with Gasteiger partial charge in [0, 0.05) is 35.3 Å². The van der Waals surface area contributed by atoms with Crippen LogP contribution in [0, 0.1) is 5.82 Å². The highest BCUT2D eigenvalue weighted by Crippen LogP contribution is 2.32. The summed E-state index contributed by atoms with van der Waals surface area (Å²) in [5.74, 6) is 0.226. The van der Waals surface area contributed by atoms with Crippen molar-refractivity contribution in [3.63, 3.8) is 0 Å². The average molecular weight is 507 g/mol. The lowest BCUT2D eigenvalue weighted by molar-refractivity contribution is -0.116. The van der Waals surface area contributed by atoms with E-state index >= 15 is 0 Å². The Bertz CT molecular complexity index is 1770. The molecule has 0 saturated heterocycles. The number of unbranched alkanes of at least 4 members (excludes halogenated alkanes) is 1. The number of nitrogens with one attached hydrogen (secondary N) is 3. The van der Waals surface area contributed by atoms with Gasteiger partial charge >= 0.3 is 0 Å². The molecule has 38 heavy (non-hydrogen) atoms. The second-order valence-corrected chi connectivity index (χ2v) is 8.98.